The van der Waals surface area contributed by atoms with E-state index in [1.54, 1.807) is 0 Å². The van der Waals surface area contributed by atoms with Gasteiger partial charge in [0.15, 0.2) is 0 Å². The van der Waals surface area contributed by atoms with Gasteiger partial charge in [-0.1, -0.05) is 0 Å². The predicted octanol–water partition coefficient (Wildman–Crippen LogP) is 0.866. The second-order valence-corrected chi connectivity index (χ2v) is 5.16. The van der Waals surface area contributed by atoms with Gasteiger partial charge in [-0.2, -0.15) is 0 Å². The van der Waals surface area contributed by atoms with E-state index in [1.165, 1.54) is 25.7 Å². The van der Waals surface area contributed by atoms with E-state index in [4.69, 9.17) is 9.47 Å². The van der Waals surface area contributed by atoms with Gasteiger partial charge in [0, 0.05) is 51.6 Å². The summed E-state index contributed by atoms with van der Waals surface area (Å²) in [5.41, 5.74) is 0. The van der Waals surface area contributed by atoms with Gasteiger partial charge in [0.25, 0.3) is 0 Å². The Morgan fingerprint density at radius 1 is 1.00 bits per heavy atom. The van der Waals surface area contributed by atoms with Crippen molar-refractivity contribution in [3.63, 3.8) is 0 Å². The van der Waals surface area contributed by atoms with Crippen molar-refractivity contribution in [1.82, 2.24) is 10.2 Å². The van der Waals surface area contributed by atoms with Gasteiger partial charge in [-0.25, -0.2) is 0 Å². The maximum atomic E-state index is 5.39. The fourth-order valence-corrected chi connectivity index (χ4v) is 2.66. The molecule has 0 bridgehead atoms. The van der Waals surface area contributed by atoms with Crippen LogP contribution in [0.3, 0.4) is 0 Å². The summed E-state index contributed by atoms with van der Waals surface area (Å²) in [6.07, 6.45) is 4.71. The van der Waals surface area contributed by atoms with E-state index in [1.807, 2.05) is 0 Å². The molecule has 0 amide bonds. The average molecular weight is 242 g/mol. The van der Waals surface area contributed by atoms with Crippen molar-refractivity contribution in [2.45, 2.75) is 37.8 Å². The smallest absolute Gasteiger partial charge is 0.0480 e. The van der Waals surface area contributed by atoms with Gasteiger partial charge in [0.2, 0.25) is 0 Å². The minimum atomic E-state index is 0.673. The third-order valence-electron chi connectivity index (χ3n) is 3.93. The van der Waals surface area contributed by atoms with Crippen LogP contribution < -0.4 is 5.32 Å². The maximum absolute atomic E-state index is 5.39. The van der Waals surface area contributed by atoms with E-state index in [0.29, 0.717) is 6.04 Å². The summed E-state index contributed by atoms with van der Waals surface area (Å²) in [4.78, 5) is 2.48. The van der Waals surface area contributed by atoms with Crippen LogP contribution >= 0.6 is 0 Å². The molecule has 2 aliphatic heterocycles. The van der Waals surface area contributed by atoms with E-state index in [0.717, 1.165) is 45.6 Å². The zero-order valence-electron chi connectivity index (χ0n) is 11.0. The van der Waals surface area contributed by atoms with Gasteiger partial charge < -0.3 is 19.7 Å². The number of rotatable bonds is 5. The monoisotopic (exact) mass is 242 g/mol. The highest BCUT2D eigenvalue weighted by Gasteiger charge is 2.18. The molecular weight excluding hydrogens is 216 g/mol. The number of hydrogen-bond acceptors (Lipinski definition) is 4. The summed E-state index contributed by atoms with van der Waals surface area (Å²) < 4.78 is 10.8. The van der Waals surface area contributed by atoms with E-state index in [2.05, 4.69) is 17.3 Å². The normalized spacial score (nSPS) is 24.4. The third kappa shape index (κ3) is 4.54. The second kappa shape index (κ2) is 7.31. The van der Waals surface area contributed by atoms with Gasteiger partial charge in [0.1, 0.15) is 0 Å². The molecule has 0 aromatic rings. The minimum absolute atomic E-state index is 0.673. The van der Waals surface area contributed by atoms with Crippen molar-refractivity contribution < 1.29 is 9.47 Å². The minimum Gasteiger partial charge on any atom is -0.381 e. The standard InChI is InChI=1S/C13H26N2O2/c1-15(13-4-10-17-11-5-13)7-6-14-12-2-8-16-9-3-12/h12-14H,2-11H2,1H3. The van der Waals surface area contributed by atoms with Crippen molar-refractivity contribution in [3.05, 3.63) is 0 Å². The third-order valence-corrected chi connectivity index (χ3v) is 3.93. The molecule has 0 aromatic heterocycles. The Hall–Kier alpha value is -0.160. The first kappa shape index (κ1) is 13.3. The molecule has 0 unspecified atom stereocenters. The molecule has 0 atom stereocenters. The zero-order chi connectivity index (χ0) is 11.9. The first-order valence-corrected chi connectivity index (χ1v) is 6.95. The topological polar surface area (TPSA) is 33.7 Å². The molecule has 2 saturated heterocycles. The van der Waals surface area contributed by atoms with Gasteiger partial charge in [-0.05, 0) is 32.7 Å². The zero-order valence-corrected chi connectivity index (χ0v) is 11.0. The summed E-state index contributed by atoms with van der Waals surface area (Å²) in [5.74, 6) is 0. The lowest BCUT2D eigenvalue weighted by atomic mass is 10.1. The number of ether oxygens (including phenoxy) is 2. The van der Waals surface area contributed by atoms with Gasteiger partial charge in [-0.15, -0.1) is 0 Å². The molecule has 100 valence electrons. The van der Waals surface area contributed by atoms with E-state index in [9.17, 15) is 0 Å². The van der Waals surface area contributed by atoms with Gasteiger partial charge in [-0.3, -0.25) is 0 Å². The first-order chi connectivity index (χ1) is 8.36. The summed E-state index contributed by atoms with van der Waals surface area (Å²) in [5, 5.41) is 3.64. The van der Waals surface area contributed by atoms with Crippen LogP contribution in [0.5, 0.6) is 0 Å². The van der Waals surface area contributed by atoms with Crippen LogP contribution in [0, 0.1) is 0 Å². The van der Waals surface area contributed by atoms with Crippen LogP contribution in [-0.2, 0) is 9.47 Å². The number of hydrogen-bond donors (Lipinski definition) is 1. The maximum Gasteiger partial charge on any atom is 0.0480 e. The Labute approximate surface area is 105 Å². The van der Waals surface area contributed by atoms with Crippen molar-refractivity contribution in [1.29, 1.82) is 0 Å². The highest BCUT2D eigenvalue weighted by molar-refractivity contribution is 4.74. The number of nitrogens with one attached hydrogen (secondary N) is 1. The molecule has 0 spiro atoms. The lowest BCUT2D eigenvalue weighted by Crippen LogP contribution is -2.43. The fourth-order valence-electron chi connectivity index (χ4n) is 2.66. The SMILES string of the molecule is CN(CCNC1CCOCC1)C1CCOCC1. The van der Waals surface area contributed by atoms with Crippen LogP contribution in [0.4, 0.5) is 0 Å². The lowest BCUT2D eigenvalue weighted by molar-refractivity contribution is 0.0419. The molecule has 2 fully saturated rings. The molecule has 0 radical (unpaired) electrons. The molecule has 1 N–H and O–H groups in total. The molecule has 4 heteroatoms. The molecule has 2 heterocycles. The molecule has 17 heavy (non-hydrogen) atoms. The first-order valence-electron chi connectivity index (χ1n) is 6.95. The fraction of sp³-hybridized carbons (Fsp3) is 1.00. The highest BCUT2D eigenvalue weighted by Crippen LogP contribution is 2.12. The Morgan fingerprint density at radius 3 is 2.24 bits per heavy atom. The summed E-state index contributed by atoms with van der Waals surface area (Å²) in [6, 6.07) is 1.40. The van der Waals surface area contributed by atoms with Crippen molar-refractivity contribution in [3.8, 4) is 0 Å². The second-order valence-electron chi connectivity index (χ2n) is 5.16. The molecular formula is C13H26N2O2. The quantitative estimate of drug-likeness (QED) is 0.775. The van der Waals surface area contributed by atoms with E-state index < -0.39 is 0 Å². The van der Waals surface area contributed by atoms with Gasteiger partial charge >= 0.3 is 0 Å². The lowest BCUT2D eigenvalue weighted by Gasteiger charge is -2.32. The van der Waals surface area contributed by atoms with Gasteiger partial charge in [0.05, 0.1) is 0 Å². The average Bonchev–Trinajstić information content (AvgIpc) is 2.41. The molecule has 2 aliphatic rings. The Morgan fingerprint density at radius 2 is 1.59 bits per heavy atom. The van der Waals surface area contributed by atoms with Crippen molar-refractivity contribution in [2.24, 2.45) is 0 Å². The van der Waals surface area contributed by atoms with Crippen LogP contribution in [0.1, 0.15) is 25.7 Å². The summed E-state index contributed by atoms with van der Waals surface area (Å²) in [7, 11) is 2.24. The Bertz CT molecular complexity index is 202. The summed E-state index contributed by atoms with van der Waals surface area (Å²) in [6.45, 7) is 5.95. The van der Waals surface area contributed by atoms with Crippen LogP contribution in [0.25, 0.3) is 0 Å². The molecule has 2 rings (SSSR count). The molecule has 4 nitrogen and oxygen atoms in total. The Balaban J connectivity index is 1.57. The van der Waals surface area contributed by atoms with Crippen molar-refractivity contribution in [2.75, 3.05) is 46.6 Å². The largest absolute Gasteiger partial charge is 0.381 e. The highest BCUT2D eigenvalue weighted by atomic mass is 16.5. The molecule has 0 aromatic carbocycles. The number of likely N-dealkylation sites (N-methyl/N-ethyl adjacent to an activating group) is 1. The predicted molar refractivity (Wildman–Crippen MR) is 68.3 cm³/mol. The molecule has 0 aliphatic carbocycles. The van der Waals surface area contributed by atoms with E-state index in [-0.39, 0.29) is 0 Å². The number of nitrogens with zero attached hydrogens (tertiary/aromatic N) is 1. The summed E-state index contributed by atoms with van der Waals surface area (Å²) >= 11 is 0. The van der Waals surface area contributed by atoms with E-state index >= 15 is 0 Å². The Kier molecular flexibility index (Phi) is 5.71. The molecule has 0 saturated carbocycles. The van der Waals surface area contributed by atoms with Crippen LogP contribution in [0.2, 0.25) is 0 Å². The van der Waals surface area contributed by atoms with Crippen LogP contribution in [-0.4, -0.2) is 63.5 Å². The van der Waals surface area contributed by atoms with Crippen LogP contribution in [0.15, 0.2) is 0 Å². The van der Waals surface area contributed by atoms with Crippen molar-refractivity contribution >= 4 is 0 Å².